The van der Waals surface area contributed by atoms with Crippen LogP contribution >= 0.6 is 0 Å². The van der Waals surface area contributed by atoms with Gasteiger partial charge in [0.15, 0.2) is 0 Å². The number of quaternary nitrogens is 1. The second-order valence-corrected chi connectivity index (χ2v) is 9.56. The lowest BCUT2D eigenvalue weighted by atomic mass is 9.84. The van der Waals surface area contributed by atoms with Gasteiger partial charge in [0.05, 0.1) is 23.6 Å². The molecule has 5 N–H and O–H groups in total. The number of nitrogens with zero attached hydrogens (tertiary/aromatic N) is 1. The Balaban J connectivity index is 0.000000749. The lowest BCUT2D eigenvalue weighted by molar-refractivity contribution is -0.458. The van der Waals surface area contributed by atoms with Crippen molar-refractivity contribution in [3.8, 4) is 0 Å². The number of fused-ring (bicyclic) bond motifs is 1. The molecule has 29 heavy (non-hydrogen) atoms. The molecule has 168 valence electrons. The Morgan fingerprint density at radius 2 is 1.79 bits per heavy atom. The molecule has 1 aliphatic heterocycles. The van der Waals surface area contributed by atoms with Crippen LogP contribution in [0.2, 0.25) is 0 Å². The van der Waals surface area contributed by atoms with Gasteiger partial charge >= 0.3 is 5.97 Å². The van der Waals surface area contributed by atoms with Gasteiger partial charge in [-0.3, -0.25) is 14.9 Å². The van der Waals surface area contributed by atoms with Crippen molar-refractivity contribution in [2.75, 3.05) is 0 Å². The quantitative estimate of drug-likeness (QED) is 0.543. The average molecular weight is 414 g/mol. The molecule has 0 bridgehead atoms. The Bertz CT molecular complexity index is 569. The molecule has 0 spiro atoms. The summed E-state index contributed by atoms with van der Waals surface area (Å²) in [5, 5.41) is 23.6. The van der Waals surface area contributed by atoms with Crippen molar-refractivity contribution >= 4 is 17.8 Å². The topological polar surface area (TPSA) is 137 Å². The number of hydrogen-bond acceptors (Lipinski definition) is 5. The summed E-state index contributed by atoms with van der Waals surface area (Å²) in [6, 6.07) is -2.50. The highest BCUT2D eigenvalue weighted by Gasteiger charge is 2.46. The average Bonchev–Trinajstić information content (AvgIpc) is 2.98. The van der Waals surface area contributed by atoms with Gasteiger partial charge in [-0.15, -0.1) is 0 Å². The van der Waals surface area contributed by atoms with Gasteiger partial charge in [0.2, 0.25) is 5.91 Å². The summed E-state index contributed by atoms with van der Waals surface area (Å²) in [7, 11) is 0. The Morgan fingerprint density at radius 1 is 1.24 bits per heavy atom. The van der Waals surface area contributed by atoms with Gasteiger partial charge < -0.3 is 25.6 Å². The molecule has 0 aromatic rings. The maximum absolute atomic E-state index is 12.9. The summed E-state index contributed by atoms with van der Waals surface area (Å²) in [5.41, 5.74) is 4.02. The molecule has 5 unspecified atom stereocenters. The van der Waals surface area contributed by atoms with E-state index in [4.69, 9.17) is 0 Å². The predicted molar refractivity (Wildman–Crippen MR) is 108 cm³/mol. The van der Waals surface area contributed by atoms with E-state index < -0.39 is 30.1 Å². The van der Waals surface area contributed by atoms with E-state index in [1.165, 1.54) is 4.90 Å². The number of aliphatic carboxylic acids is 2. The molecule has 2 rings (SSSR count). The van der Waals surface area contributed by atoms with Crippen LogP contribution in [0.15, 0.2) is 0 Å². The molecule has 0 aromatic carbocycles. The minimum absolute atomic E-state index is 0.0622. The van der Waals surface area contributed by atoms with Gasteiger partial charge in [-0.05, 0) is 59.3 Å². The van der Waals surface area contributed by atoms with Crippen molar-refractivity contribution in [1.29, 1.82) is 0 Å². The first-order valence-electron chi connectivity index (χ1n) is 10.7. The van der Waals surface area contributed by atoms with Crippen LogP contribution in [0.5, 0.6) is 0 Å². The monoisotopic (exact) mass is 413 g/mol. The number of carboxylic acids is 2. The van der Waals surface area contributed by atoms with Crippen LogP contribution in [0.4, 0.5) is 0 Å². The number of carbonyl (C=O) groups is 3. The number of carbonyl (C=O) groups excluding carboxylic acids is 2. The molecule has 1 amide bonds. The minimum atomic E-state index is -1.21. The maximum atomic E-state index is 12.9. The number of nitrogens with one attached hydrogen (secondary N) is 1. The van der Waals surface area contributed by atoms with E-state index in [2.05, 4.69) is 31.8 Å². The summed E-state index contributed by atoms with van der Waals surface area (Å²) in [6.07, 6.45) is 5.35. The highest BCUT2D eigenvalue weighted by atomic mass is 16.4. The first kappa shape index (κ1) is 25.4. The van der Waals surface area contributed by atoms with Gasteiger partial charge in [-0.1, -0.05) is 26.2 Å². The highest BCUT2D eigenvalue weighted by Crippen LogP contribution is 2.39. The molecule has 8 nitrogen and oxygen atoms in total. The van der Waals surface area contributed by atoms with Gasteiger partial charge in [0.1, 0.15) is 6.04 Å². The number of amides is 1. The third-order valence-electron chi connectivity index (χ3n) is 5.31. The molecule has 0 aromatic heterocycles. The molecule has 2 aliphatic rings. The SMILES string of the molecule is CC(C)(C)[NH3+].CCCC(NC(C)C(=O)N1C(C(=O)[O-])CC2CCCCC21)C(=O)O. The lowest BCUT2D eigenvalue weighted by Crippen LogP contribution is -2.67. The zero-order chi connectivity index (χ0) is 22.4. The van der Waals surface area contributed by atoms with Gasteiger partial charge in [-0.25, -0.2) is 0 Å². The van der Waals surface area contributed by atoms with Crippen molar-refractivity contribution in [2.24, 2.45) is 5.92 Å². The molecule has 8 heteroatoms. The third kappa shape index (κ3) is 7.93. The first-order chi connectivity index (χ1) is 13.4. The zero-order valence-corrected chi connectivity index (χ0v) is 18.6. The molecule has 1 heterocycles. The summed E-state index contributed by atoms with van der Waals surface area (Å²) in [6.45, 7) is 9.72. The van der Waals surface area contributed by atoms with Crippen LogP contribution in [0.25, 0.3) is 0 Å². The second-order valence-electron chi connectivity index (χ2n) is 9.56. The van der Waals surface area contributed by atoms with E-state index in [0.29, 0.717) is 19.3 Å². The van der Waals surface area contributed by atoms with Crippen molar-refractivity contribution in [2.45, 2.75) is 109 Å². The summed E-state index contributed by atoms with van der Waals surface area (Å²) >= 11 is 0. The summed E-state index contributed by atoms with van der Waals surface area (Å²) < 4.78 is 0. The van der Waals surface area contributed by atoms with Crippen molar-refractivity contribution in [1.82, 2.24) is 10.2 Å². The molecule has 2 fully saturated rings. The van der Waals surface area contributed by atoms with Crippen LogP contribution in [0, 0.1) is 5.92 Å². The Labute approximate surface area is 174 Å². The summed E-state index contributed by atoms with van der Waals surface area (Å²) in [5.74, 6) is -2.33. The van der Waals surface area contributed by atoms with Gasteiger partial charge in [0, 0.05) is 6.04 Å². The zero-order valence-electron chi connectivity index (χ0n) is 18.6. The van der Waals surface area contributed by atoms with E-state index in [-0.39, 0.29) is 23.4 Å². The Kier molecular flexibility index (Phi) is 9.55. The maximum Gasteiger partial charge on any atom is 0.320 e. The fraction of sp³-hybridized carbons (Fsp3) is 0.857. The van der Waals surface area contributed by atoms with Crippen LogP contribution < -0.4 is 16.2 Å². The van der Waals surface area contributed by atoms with E-state index in [1.807, 2.05) is 6.92 Å². The first-order valence-corrected chi connectivity index (χ1v) is 10.7. The molecule has 1 aliphatic carbocycles. The van der Waals surface area contributed by atoms with Crippen LogP contribution in [0.1, 0.15) is 79.6 Å². The molecule has 5 atom stereocenters. The standard InChI is InChI=1S/C17H28N2O5.C4H11N/c1-3-6-12(16(21)22)18-10(2)15(20)19-13-8-5-4-7-11(13)9-14(19)17(23)24;1-4(2,3)5/h10-14,18H,3-9H2,1-2H3,(H,21,22)(H,23,24);5H2,1-3H3. The largest absolute Gasteiger partial charge is 0.548 e. The second kappa shape index (κ2) is 10.9. The lowest BCUT2D eigenvalue weighted by Gasteiger charge is -2.36. The van der Waals surface area contributed by atoms with Crippen LogP contribution in [-0.2, 0) is 14.4 Å². The predicted octanol–water partition coefficient (Wildman–Crippen LogP) is 0.154. The fourth-order valence-electron chi connectivity index (χ4n) is 4.15. The molecule has 1 saturated carbocycles. The molecular formula is C21H39N3O5. The normalized spacial score (nSPS) is 26.0. The molecule has 1 saturated heterocycles. The smallest absolute Gasteiger partial charge is 0.320 e. The fourth-order valence-corrected chi connectivity index (χ4v) is 4.15. The minimum Gasteiger partial charge on any atom is -0.548 e. The van der Waals surface area contributed by atoms with E-state index in [0.717, 1.165) is 25.7 Å². The van der Waals surface area contributed by atoms with E-state index in [9.17, 15) is 24.6 Å². The van der Waals surface area contributed by atoms with Crippen molar-refractivity contribution in [3.05, 3.63) is 0 Å². The van der Waals surface area contributed by atoms with E-state index >= 15 is 0 Å². The highest BCUT2D eigenvalue weighted by molar-refractivity contribution is 5.88. The summed E-state index contributed by atoms with van der Waals surface area (Å²) in [4.78, 5) is 37.1. The molecule has 0 radical (unpaired) electrons. The van der Waals surface area contributed by atoms with Crippen molar-refractivity contribution < 1.29 is 30.3 Å². The number of hydrogen-bond donors (Lipinski definition) is 3. The van der Waals surface area contributed by atoms with Crippen LogP contribution in [-0.4, -0.2) is 57.6 Å². The van der Waals surface area contributed by atoms with Gasteiger partial charge in [-0.2, -0.15) is 0 Å². The Morgan fingerprint density at radius 3 is 2.28 bits per heavy atom. The Hall–Kier alpha value is -1.67. The number of carboxylic acid groups (broad SMARTS) is 2. The van der Waals surface area contributed by atoms with Crippen molar-refractivity contribution in [3.63, 3.8) is 0 Å². The molecular weight excluding hydrogens is 374 g/mol. The van der Waals surface area contributed by atoms with E-state index in [1.54, 1.807) is 6.92 Å². The van der Waals surface area contributed by atoms with Gasteiger partial charge in [0.25, 0.3) is 0 Å². The number of likely N-dealkylation sites (tertiary alicyclic amines) is 1. The third-order valence-corrected chi connectivity index (χ3v) is 5.31. The number of rotatable bonds is 7. The van der Waals surface area contributed by atoms with Crippen LogP contribution in [0.3, 0.4) is 0 Å².